The molecule has 1 aliphatic carbocycles. The minimum absolute atomic E-state index is 0.115. The number of nitrogens with one attached hydrogen (secondary N) is 1. The molecule has 1 aliphatic rings. The molecule has 1 aromatic rings. The van der Waals surface area contributed by atoms with Crippen LogP contribution in [-0.2, 0) is 4.79 Å². The topological polar surface area (TPSA) is 49.3 Å². The van der Waals surface area contributed by atoms with Gasteiger partial charge in [0.2, 0.25) is 5.91 Å². The van der Waals surface area contributed by atoms with E-state index in [2.05, 4.69) is 5.32 Å². The normalized spacial score (nSPS) is 23.5. The fourth-order valence-electron chi connectivity index (χ4n) is 2.26. The lowest BCUT2D eigenvalue weighted by molar-refractivity contribution is -0.118. The smallest absolute Gasteiger partial charge is 0.244 e. The second-order valence-electron chi connectivity index (χ2n) is 4.85. The van der Waals surface area contributed by atoms with E-state index >= 15 is 0 Å². The summed E-state index contributed by atoms with van der Waals surface area (Å²) in [5.41, 5.74) is 0.920. The highest BCUT2D eigenvalue weighted by atomic mass is 35.5. The van der Waals surface area contributed by atoms with E-state index in [1.54, 1.807) is 18.2 Å². The Hall–Kier alpha value is -1.32. The number of benzene rings is 1. The van der Waals surface area contributed by atoms with Crippen molar-refractivity contribution in [2.75, 3.05) is 0 Å². The highest BCUT2D eigenvalue weighted by Gasteiger charge is 2.23. The summed E-state index contributed by atoms with van der Waals surface area (Å²) in [4.78, 5) is 11.8. The molecule has 2 rings (SSSR count). The van der Waals surface area contributed by atoms with E-state index in [-0.39, 0.29) is 11.9 Å². The molecule has 3 nitrogen and oxygen atoms in total. The predicted octanol–water partition coefficient (Wildman–Crippen LogP) is 2.77. The Bertz CT molecular complexity index is 456. The summed E-state index contributed by atoms with van der Waals surface area (Å²) in [6.45, 7) is 0. The Balaban J connectivity index is 1.88. The number of hydrogen-bond donors (Lipinski definition) is 2. The zero-order valence-electron chi connectivity index (χ0n) is 10.7. The molecule has 0 saturated heterocycles. The van der Waals surface area contributed by atoms with Crippen molar-refractivity contribution < 1.29 is 9.90 Å². The molecule has 4 heteroatoms. The van der Waals surface area contributed by atoms with Crippen molar-refractivity contribution in [1.29, 1.82) is 0 Å². The lowest BCUT2D eigenvalue weighted by Gasteiger charge is -2.27. The molecule has 0 bridgehead atoms. The lowest BCUT2D eigenvalue weighted by Crippen LogP contribution is -2.44. The summed E-state index contributed by atoms with van der Waals surface area (Å²) in [6.07, 6.45) is 6.53. The first-order chi connectivity index (χ1) is 9.15. The van der Waals surface area contributed by atoms with Crippen molar-refractivity contribution in [3.63, 3.8) is 0 Å². The second kappa shape index (κ2) is 6.73. The maximum Gasteiger partial charge on any atom is 0.244 e. The maximum atomic E-state index is 11.8. The molecule has 2 atom stereocenters. The van der Waals surface area contributed by atoms with Crippen LogP contribution in [0.15, 0.2) is 30.3 Å². The molecule has 0 aromatic heterocycles. The average molecular weight is 280 g/mol. The van der Waals surface area contributed by atoms with Gasteiger partial charge in [-0.2, -0.15) is 0 Å². The van der Waals surface area contributed by atoms with Crippen LogP contribution in [-0.4, -0.2) is 23.2 Å². The van der Waals surface area contributed by atoms with Crippen LogP contribution in [0.1, 0.15) is 31.2 Å². The van der Waals surface area contributed by atoms with Gasteiger partial charge in [0, 0.05) is 11.1 Å². The summed E-state index contributed by atoms with van der Waals surface area (Å²) in [6, 6.07) is 7.15. The molecular formula is C15H18ClNO2. The minimum atomic E-state index is -0.415. The van der Waals surface area contributed by atoms with Gasteiger partial charge in [-0.15, -0.1) is 0 Å². The van der Waals surface area contributed by atoms with Crippen molar-refractivity contribution in [3.05, 3.63) is 40.9 Å². The predicted molar refractivity (Wildman–Crippen MR) is 76.9 cm³/mol. The van der Waals surface area contributed by atoms with Gasteiger partial charge >= 0.3 is 0 Å². The maximum absolute atomic E-state index is 11.8. The molecule has 19 heavy (non-hydrogen) atoms. The van der Waals surface area contributed by atoms with Gasteiger partial charge in [0.1, 0.15) is 0 Å². The van der Waals surface area contributed by atoms with Gasteiger partial charge < -0.3 is 10.4 Å². The summed E-state index contributed by atoms with van der Waals surface area (Å²) in [5.74, 6) is -0.166. The molecule has 2 N–H and O–H groups in total. The molecule has 0 spiro atoms. The van der Waals surface area contributed by atoms with Crippen LogP contribution in [0.5, 0.6) is 0 Å². The van der Waals surface area contributed by atoms with Crippen LogP contribution in [0.2, 0.25) is 5.02 Å². The number of carbonyl (C=O) groups is 1. The van der Waals surface area contributed by atoms with Gasteiger partial charge in [-0.3, -0.25) is 4.79 Å². The Morgan fingerprint density at radius 3 is 2.63 bits per heavy atom. The van der Waals surface area contributed by atoms with Gasteiger partial charge in [0.15, 0.2) is 0 Å². The first-order valence-corrected chi connectivity index (χ1v) is 6.95. The Kier molecular flexibility index (Phi) is 5.00. The highest BCUT2D eigenvalue weighted by molar-refractivity contribution is 6.30. The van der Waals surface area contributed by atoms with E-state index in [9.17, 15) is 9.90 Å². The fourth-order valence-corrected chi connectivity index (χ4v) is 2.38. The van der Waals surface area contributed by atoms with Gasteiger partial charge in [-0.25, -0.2) is 0 Å². The second-order valence-corrected chi connectivity index (χ2v) is 5.29. The number of hydrogen-bond acceptors (Lipinski definition) is 2. The highest BCUT2D eigenvalue weighted by Crippen LogP contribution is 2.18. The Labute approximate surface area is 118 Å². The SMILES string of the molecule is O=C(/C=C/c1ccc(Cl)cc1)N[C@@H]1CCCC[C@H]1O. The Morgan fingerprint density at radius 2 is 1.95 bits per heavy atom. The summed E-state index contributed by atoms with van der Waals surface area (Å²) in [5, 5.41) is 13.3. The van der Waals surface area contributed by atoms with E-state index in [1.165, 1.54) is 6.08 Å². The van der Waals surface area contributed by atoms with Crippen LogP contribution < -0.4 is 5.32 Å². The van der Waals surface area contributed by atoms with Crippen LogP contribution in [0.25, 0.3) is 6.08 Å². The van der Waals surface area contributed by atoms with Crippen LogP contribution in [0.4, 0.5) is 0 Å². The number of aliphatic hydroxyl groups excluding tert-OH is 1. The van der Waals surface area contributed by atoms with E-state index in [0.717, 1.165) is 31.2 Å². The van der Waals surface area contributed by atoms with Gasteiger partial charge in [0.05, 0.1) is 12.1 Å². The molecule has 0 heterocycles. The number of aliphatic hydroxyl groups is 1. The fraction of sp³-hybridized carbons (Fsp3) is 0.400. The molecule has 1 aromatic carbocycles. The van der Waals surface area contributed by atoms with E-state index in [0.29, 0.717) is 5.02 Å². The van der Waals surface area contributed by atoms with E-state index < -0.39 is 6.10 Å². The van der Waals surface area contributed by atoms with Crippen molar-refractivity contribution >= 4 is 23.6 Å². The zero-order valence-corrected chi connectivity index (χ0v) is 11.4. The molecule has 0 unspecified atom stereocenters. The number of halogens is 1. The first-order valence-electron chi connectivity index (χ1n) is 6.57. The van der Waals surface area contributed by atoms with Crippen molar-refractivity contribution in [2.24, 2.45) is 0 Å². The molecule has 0 radical (unpaired) electrons. The molecular weight excluding hydrogens is 262 g/mol. The monoisotopic (exact) mass is 279 g/mol. The van der Waals surface area contributed by atoms with Crippen molar-refractivity contribution in [1.82, 2.24) is 5.32 Å². The number of carbonyl (C=O) groups excluding carboxylic acids is 1. The van der Waals surface area contributed by atoms with Crippen LogP contribution >= 0.6 is 11.6 Å². The molecule has 1 amide bonds. The van der Waals surface area contributed by atoms with E-state index in [1.807, 2.05) is 12.1 Å². The summed E-state index contributed by atoms with van der Waals surface area (Å²) >= 11 is 5.79. The summed E-state index contributed by atoms with van der Waals surface area (Å²) in [7, 11) is 0. The minimum Gasteiger partial charge on any atom is -0.391 e. The summed E-state index contributed by atoms with van der Waals surface area (Å²) < 4.78 is 0. The third kappa shape index (κ3) is 4.37. The van der Waals surface area contributed by atoms with Gasteiger partial charge in [0.25, 0.3) is 0 Å². The quantitative estimate of drug-likeness (QED) is 0.836. The van der Waals surface area contributed by atoms with Gasteiger partial charge in [-0.05, 0) is 36.6 Å². The Morgan fingerprint density at radius 1 is 1.26 bits per heavy atom. The standard InChI is InChI=1S/C15H18ClNO2/c16-12-8-5-11(6-9-12)7-10-15(19)17-13-3-1-2-4-14(13)18/h5-10,13-14,18H,1-4H2,(H,17,19)/b10-7+/t13-,14-/m1/s1. The zero-order chi connectivity index (χ0) is 13.7. The third-order valence-corrected chi connectivity index (χ3v) is 3.61. The van der Waals surface area contributed by atoms with Crippen LogP contribution in [0, 0.1) is 0 Å². The van der Waals surface area contributed by atoms with Crippen LogP contribution in [0.3, 0.4) is 0 Å². The molecule has 1 saturated carbocycles. The molecule has 102 valence electrons. The molecule has 1 fully saturated rings. The lowest BCUT2D eigenvalue weighted by atomic mass is 9.92. The number of amides is 1. The average Bonchev–Trinajstić information content (AvgIpc) is 2.41. The van der Waals surface area contributed by atoms with Crippen molar-refractivity contribution in [2.45, 2.75) is 37.8 Å². The van der Waals surface area contributed by atoms with Crippen molar-refractivity contribution in [3.8, 4) is 0 Å². The number of rotatable bonds is 3. The van der Waals surface area contributed by atoms with E-state index in [4.69, 9.17) is 11.6 Å². The van der Waals surface area contributed by atoms with Gasteiger partial charge in [-0.1, -0.05) is 36.6 Å². The third-order valence-electron chi connectivity index (χ3n) is 3.35. The largest absolute Gasteiger partial charge is 0.391 e. The first kappa shape index (κ1) is 14.1. The molecule has 0 aliphatic heterocycles.